The maximum Gasteiger partial charge on any atom is 0.300 e. The number of alkyl halides is 1. The zero-order valence-electron chi connectivity index (χ0n) is 15.8. The number of ketones is 2. The van der Waals surface area contributed by atoms with Gasteiger partial charge in [-0.3, -0.25) is 14.1 Å². The largest absolute Gasteiger partial charge is 0.387 e. The average molecular weight is 454 g/mol. The van der Waals surface area contributed by atoms with Crippen molar-refractivity contribution >= 4 is 21.7 Å². The minimum absolute atomic E-state index is 0.0439. The second-order valence-electron chi connectivity index (χ2n) is 7.03. The van der Waals surface area contributed by atoms with Gasteiger partial charge in [0.1, 0.15) is 24.4 Å². The molecule has 1 saturated heterocycles. The molecule has 0 amide bonds. The van der Waals surface area contributed by atoms with E-state index >= 15 is 0 Å². The van der Waals surface area contributed by atoms with Crippen LogP contribution < -0.4 is 0 Å². The van der Waals surface area contributed by atoms with Crippen molar-refractivity contribution in [2.75, 3.05) is 0 Å². The third kappa shape index (κ3) is 4.15. The molecule has 0 aliphatic carbocycles. The average Bonchev–Trinajstić information content (AvgIpc) is 3.04. The Labute approximate surface area is 176 Å². The van der Waals surface area contributed by atoms with E-state index in [4.69, 9.17) is 9.29 Å². The number of aliphatic hydroxyl groups is 3. The molecule has 3 unspecified atom stereocenters. The van der Waals surface area contributed by atoms with E-state index < -0.39 is 57.2 Å². The highest BCUT2D eigenvalue weighted by Crippen LogP contribution is 2.39. The van der Waals surface area contributed by atoms with Crippen LogP contribution in [0.15, 0.2) is 60.7 Å². The van der Waals surface area contributed by atoms with E-state index in [1.165, 1.54) is 48.5 Å². The smallest absolute Gasteiger partial charge is 0.300 e. The number of Topliss-reactive ketones (excluding diaryl/α,β-unsaturated/α-hetero) is 2. The Hall–Kier alpha value is -2.54. The standard InChI is InChI=1S/C20H19FO9S/c21-19(31(27,28)29)15-17(25)20(26,16(24)12-9-5-2-6-10-12)18(30-15)14(23)13(22)11-7-3-1-4-8-11/h1-10,14-15,17-19,23,25-26H,(H,27,28,29)/t14?,15?,17-,18+,19?,20-/m1/s1. The Morgan fingerprint density at radius 3 is 1.97 bits per heavy atom. The third-order valence-electron chi connectivity index (χ3n) is 5.06. The summed E-state index contributed by atoms with van der Waals surface area (Å²) < 4.78 is 50.8. The summed E-state index contributed by atoms with van der Waals surface area (Å²) in [6.45, 7) is 0. The van der Waals surface area contributed by atoms with Gasteiger partial charge in [0.05, 0.1) is 0 Å². The van der Waals surface area contributed by atoms with Gasteiger partial charge in [0.15, 0.2) is 17.2 Å². The first-order valence-electron chi connectivity index (χ1n) is 9.03. The molecule has 0 radical (unpaired) electrons. The van der Waals surface area contributed by atoms with Crippen molar-refractivity contribution in [2.24, 2.45) is 0 Å². The van der Waals surface area contributed by atoms with Gasteiger partial charge in [-0.05, 0) is 0 Å². The summed E-state index contributed by atoms with van der Waals surface area (Å²) in [6.07, 6.45) is -9.53. The summed E-state index contributed by atoms with van der Waals surface area (Å²) in [6, 6.07) is 14.1. The Bertz CT molecular complexity index is 1060. The maximum atomic E-state index is 14.3. The molecule has 6 atom stereocenters. The predicted octanol–water partition coefficient (Wildman–Crippen LogP) is 0.156. The van der Waals surface area contributed by atoms with Crippen LogP contribution in [0, 0.1) is 0 Å². The molecule has 166 valence electrons. The van der Waals surface area contributed by atoms with Crippen molar-refractivity contribution in [3.8, 4) is 0 Å². The Kier molecular flexibility index (Phi) is 6.37. The van der Waals surface area contributed by atoms with E-state index in [0.717, 1.165) is 0 Å². The first kappa shape index (κ1) is 23.1. The van der Waals surface area contributed by atoms with Crippen LogP contribution in [-0.2, 0) is 14.9 Å². The number of hydrogen-bond donors (Lipinski definition) is 4. The number of aliphatic hydroxyl groups excluding tert-OH is 2. The zero-order valence-corrected chi connectivity index (χ0v) is 16.6. The van der Waals surface area contributed by atoms with Crippen molar-refractivity contribution in [1.82, 2.24) is 0 Å². The monoisotopic (exact) mass is 454 g/mol. The molecular weight excluding hydrogens is 435 g/mol. The lowest BCUT2D eigenvalue weighted by molar-refractivity contribution is -0.0885. The molecule has 1 aliphatic rings. The molecule has 0 spiro atoms. The van der Waals surface area contributed by atoms with E-state index in [-0.39, 0.29) is 11.1 Å². The van der Waals surface area contributed by atoms with Crippen LogP contribution in [-0.4, -0.2) is 75.4 Å². The Morgan fingerprint density at radius 1 is 1.00 bits per heavy atom. The lowest BCUT2D eigenvalue weighted by Gasteiger charge is -2.31. The molecular formula is C20H19FO9S. The molecule has 1 aliphatic heterocycles. The van der Waals surface area contributed by atoms with E-state index in [0.29, 0.717) is 0 Å². The first-order valence-corrected chi connectivity index (χ1v) is 10.5. The fourth-order valence-electron chi connectivity index (χ4n) is 3.45. The van der Waals surface area contributed by atoms with E-state index in [9.17, 15) is 37.7 Å². The molecule has 9 nitrogen and oxygen atoms in total. The summed E-state index contributed by atoms with van der Waals surface area (Å²) >= 11 is 0. The quantitative estimate of drug-likeness (QED) is 0.338. The van der Waals surface area contributed by atoms with Crippen LogP contribution in [0.25, 0.3) is 0 Å². The first-order chi connectivity index (χ1) is 14.5. The number of benzene rings is 2. The highest BCUT2D eigenvalue weighted by molar-refractivity contribution is 7.86. The SMILES string of the molecule is O=C(c1ccccc1)C(O)[C@@H]1OC(C(F)S(=O)(=O)O)[C@@H](O)[C@]1(O)C(=O)c1ccccc1. The van der Waals surface area contributed by atoms with Crippen molar-refractivity contribution in [2.45, 2.75) is 35.5 Å². The minimum Gasteiger partial charge on any atom is -0.387 e. The lowest BCUT2D eigenvalue weighted by atomic mass is 9.80. The van der Waals surface area contributed by atoms with Crippen LogP contribution in [0.4, 0.5) is 4.39 Å². The molecule has 31 heavy (non-hydrogen) atoms. The molecule has 1 heterocycles. The highest BCUT2D eigenvalue weighted by Gasteiger charge is 2.66. The summed E-state index contributed by atoms with van der Waals surface area (Å²) in [5.41, 5.74) is -6.59. The van der Waals surface area contributed by atoms with Crippen LogP contribution in [0.3, 0.4) is 0 Å². The second kappa shape index (κ2) is 8.54. The van der Waals surface area contributed by atoms with Gasteiger partial charge in [0.2, 0.25) is 0 Å². The van der Waals surface area contributed by atoms with Gasteiger partial charge in [-0.1, -0.05) is 60.7 Å². The summed E-state index contributed by atoms with van der Waals surface area (Å²) in [4.78, 5) is 25.7. The molecule has 1 fully saturated rings. The number of rotatable bonds is 7. The number of halogens is 1. The molecule has 2 aromatic carbocycles. The van der Waals surface area contributed by atoms with Crippen molar-refractivity contribution < 1.29 is 47.0 Å². The van der Waals surface area contributed by atoms with Gasteiger partial charge in [-0.15, -0.1) is 0 Å². The fraction of sp³-hybridized carbons (Fsp3) is 0.300. The fourth-order valence-corrected chi connectivity index (χ4v) is 4.00. The third-order valence-corrected chi connectivity index (χ3v) is 5.89. The lowest BCUT2D eigenvalue weighted by Crippen LogP contribution is -2.59. The van der Waals surface area contributed by atoms with Gasteiger partial charge in [-0.25, -0.2) is 4.39 Å². The van der Waals surface area contributed by atoms with E-state index in [2.05, 4.69) is 0 Å². The van der Waals surface area contributed by atoms with Crippen LogP contribution in [0.5, 0.6) is 0 Å². The summed E-state index contributed by atoms with van der Waals surface area (Å²) in [5, 5.41) is 32.2. The number of hydrogen-bond acceptors (Lipinski definition) is 8. The summed E-state index contributed by atoms with van der Waals surface area (Å²) in [7, 11) is -5.42. The molecule has 0 saturated carbocycles. The van der Waals surface area contributed by atoms with Crippen molar-refractivity contribution in [1.29, 1.82) is 0 Å². The number of carbonyl (C=O) groups excluding carboxylic acids is 2. The van der Waals surface area contributed by atoms with Crippen LogP contribution >= 0.6 is 0 Å². The normalized spacial score (nSPS) is 28.1. The predicted molar refractivity (Wildman–Crippen MR) is 104 cm³/mol. The second-order valence-corrected chi connectivity index (χ2v) is 8.51. The molecule has 11 heteroatoms. The van der Waals surface area contributed by atoms with Crippen LogP contribution in [0.1, 0.15) is 20.7 Å². The molecule has 0 aromatic heterocycles. The molecule has 2 aromatic rings. The van der Waals surface area contributed by atoms with Gasteiger partial charge < -0.3 is 20.1 Å². The van der Waals surface area contributed by atoms with Gasteiger partial charge in [-0.2, -0.15) is 8.42 Å². The van der Waals surface area contributed by atoms with Crippen molar-refractivity contribution in [3.63, 3.8) is 0 Å². The van der Waals surface area contributed by atoms with E-state index in [1.807, 2.05) is 0 Å². The molecule has 4 N–H and O–H groups in total. The van der Waals surface area contributed by atoms with Gasteiger partial charge in [0.25, 0.3) is 15.6 Å². The van der Waals surface area contributed by atoms with Crippen molar-refractivity contribution in [3.05, 3.63) is 71.8 Å². The Balaban J connectivity index is 2.07. The van der Waals surface area contributed by atoms with Crippen LogP contribution in [0.2, 0.25) is 0 Å². The van der Waals surface area contributed by atoms with Gasteiger partial charge in [0, 0.05) is 11.1 Å². The van der Waals surface area contributed by atoms with E-state index in [1.54, 1.807) is 12.1 Å². The zero-order chi connectivity index (χ0) is 23.0. The topological polar surface area (TPSA) is 158 Å². The molecule has 0 bridgehead atoms. The summed E-state index contributed by atoms with van der Waals surface area (Å²) in [5.74, 6) is -2.27. The maximum absolute atomic E-state index is 14.3. The number of ether oxygens (including phenoxy) is 1. The highest BCUT2D eigenvalue weighted by atomic mass is 32.2. The minimum atomic E-state index is -5.42. The Morgan fingerprint density at radius 2 is 1.48 bits per heavy atom. The van der Waals surface area contributed by atoms with Gasteiger partial charge >= 0.3 is 0 Å². The molecule has 3 rings (SSSR count). The number of carbonyl (C=O) groups is 2.